The Bertz CT molecular complexity index is 630. The molecule has 4 aliphatic carbocycles. The van der Waals surface area contributed by atoms with E-state index in [0.717, 1.165) is 28.8 Å². The number of nitrogens with zero attached hydrogens (tertiary/aromatic N) is 1. The Kier molecular flexibility index (Phi) is 4.24. The second-order valence-electron chi connectivity index (χ2n) is 8.66. The Hall–Kier alpha value is -0.540. The van der Waals surface area contributed by atoms with Crippen molar-refractivity contribution in [2.24, 2.45) is 17.3 Å². The van der Waals surface area contributed by atoms with E-state index < -0.39 is 0 Å². The SMILES string of the molecule is CN(Cc1ccc(Cl)cc1)C(=O)CC12CC3CC(CC(Br)(C3)C1)C2. The summed E-state index contributed by atoms with van der Waals surface area (Å²) in [6.07, 6.45) is 8.46. The van der Waals surface area contributed by atoms with E-state index in [-0.39, 0.29) is 5.41 Å². The smallest absolute Gasteiger partial charge is 0.223 e. The van der Waals surface area contributed by atoms with Crippen LogP contribution in [0.25, 0.3) is 0 Å². The molecule has 1 aromatic carbocycles. The lowest BCUT2D eigenvalue weighted by atomic mass is 9.48. The van der Waals surface area contributed by atoms with Crippen molar-refractivity contribution in [2.45, 2.75) is 55.8 Å². The van der Waals surface area contributed by atoms with Crippen molar-refractivity contribution in [1.29, 1.82) is 0 Å². The normalized spacial score (nSPS) is 36.8. The highest BCUT2D eigenvalue weighted by Gasteiger charge is 2.57. The fourth-order valence-electron chi connectivity index (χ4n) is 5.95. The van der Waals surface area contributed by atoms with Gasteiger partial charge in [0.25, 0.3) is 0 Å². The van der Waals surface area contributed by atoms with Crippen LogP contribution in [0.15, 0.2) is 24.3 Å². The van der Waals surface area contributed by atoms with Crippen LogP contribution < -0.4 is 0 Å². The molecule has 1 amide bonds. The summed E-state index contributed by atoms with van der Waals surface area (Å²) in [4.78, 5) is 14.8. The lowest BCUT2D eigenvalue weighted by Crippen LogP contribution is -2.54. The fourth-order valence-corrected chi connectivity index (χ4v) is 7.59. The van der Waals surface area contributed by atoms with Crippen molar-refractivity contribution in [2.75, 3.05) is 7.05 Å². The largest absolute Gasteiger partial charge is 0.341 e. The van der Waals surface area contributed by atoms with Crippen LogP contribution in [-0.2, 0) is 11.3 Å². The number of amides is 1. The molecular weight excluding hydrogens is 386 g/mol. The first-order valence-electron chi connectivity index (χ1n) is 9.02. The molecule has 2 nitrogen and oxygen atoms in total. The standard InChI is InChI=1S/C20H25BrClNO/c1-23(12-14-2-4-17(22)5-3-14)18(24)11-19-7-15-6-16(8-19)10-20(21,9-15)13-19/h2-5,15-16H,6-13H2,1H3. The number of hydrogen-bond donors (Lipinski definition) is 0. The molecule has 0 N–H and O–H groups in total. The van der Waals surface area contributed by atoms with Crippen LogP contribution in [-0.4, -0.2) is 22.2 Å². The lowest BCUT2D eigenvalue weighted by molar-refractivity contribution is -0.137. The molecule has 4 bridgehead atoms. The van der Waals surface area contributed by atoms with Gasteiger partial charge in [0.1, 0.15) is 0 Å². The van der Waals surface area contributed by atoms with E-state index in [0.29, 0.717) is 16.8 Å². The summed E-state index contributed by atoms with van der Waals surface area (Å²) in [5.74, 6) is 1.96. The molecule has 24 heavy (non-hydrogen) atoms. The van der Waals surface area contributed by atoms with Crippen molar-refractivity contribution in [3.05, 3.63) is 34.9 Å². The highest BCUT2D eigenvalue weighted by atomic mass is 79.9. The second kappa shape index (κ2) is 6.02. The minimum atomic E-state index is 0.249. The molecular formula is C20H25BrClNO. The van der Waals surface area contributed by atoms with E-state index >= 15 is 0 Å². The van der Waals surface area contributed by atoms with Crippen LogP contribution in [0.1, 0.15) is 50.5 Å². The third kappa shape index (κ3) is 3.26. The number of halogens is 2. The average Bonchev–Trinajstić information content (AvgIpc) is 2.46. The van der Waals surface area contributed by atoms with Gasteiger partial charge in [-0.25, -0.2) is 0 Å². The third-order valence-electron chi connectivity index (χ3n) is 6.40. The molecule has 0 heterocycles. The Morgan fingerprint density at radius 3 is 2.42 bits per heavy atom. The highest BCUT2D eigenvalue weighted by Crippen LogP contribution is 2.65. The van der Waals surface area contributed by atoms with Crippen LogP contribution in [0.4, 0.5) is 0 Å². The topological polar surface area (TPSA) is 20.3 Å². The molecule has 4 saturated carbocycles. The summed E-state index contributed by atoms with van der Waals surface area (Å²) >= 11 is 9.99. The van der Waals surface area contributed by atoms with E-state index in [9.17, 15) is 4.79 Å². The predicted octanol–water partition coefficient (Wildman–Crippen LogP) is 5.42. The van der Waals surface area contributed by atoms with Crippen molar-refractivity contribution in [3.63, 3.8) is 0 Å². The molecule has 4 aliphatic rings. The Morgan fingerprint density at radius 1 is 1.21 bits per heavy atom. The Balaban J connectivity index is 1.43. The van der Waals surface area contributed by atoms with Gasteiger partial charge in [0.15, 0.2) is 0 Å². The molecule has 0 radical (unpaired) electrons. The first-order valence-corrected chi connectivity index (χ1v) is 10.2. The van der Waals surface area contributed by atoms with Gasteiger partial charge in [-0.15, -0.1) is 0 Å². The van der Waals surface area contributed by atoms with E-state index in [1.165, 1.54) is 38.5 Å². The van der Waals surface area contributed by atoms with Crippen LogP contribution >= 0.6 is 27.5 Å². The molecule has 2 unspecified atom stereocenters. The number of carbonyl (C=O) groups is 1. The molecule has 5 rings (SSSR count). The Labute approximate surface area is 158 Å². The monoisotopic (exact) mass is 409 g/mol. The molecule has 4 heteroatoms. The maximum Gasteiger partial charge on any atom is 0.223 e. The zero-order chi connectivity index (χ0) is 16.9. The van der Waals surface area contributed by atoms with Crippen LogP contribution in [0, 0.1) is 17.3 Å². The quantitative estimate of drug-likeness (QED) is 0.607. The molecule has 2 atom stereocenters. The van der Waals surface area contributed by atoms with Crippen molar-refractivity contribution < 1.29 is 4.79 Å². The maximum atomic E-state index is 12.9. The molecule has 1 aromatic rings. The van der Waals surface area contributed by atoms with E-state index in [4.69, 9.17) is 11.6 Å². The van der Waals surface area contributed by atoms with Crippen molar-refractivity contribution >= 4 is 33.4 Å². The number of rotatable bonds is 4. The Morgan fingerprint density at radius 2 is 1.83 bits per heavy atom. The van der Waals surface area contributed by atoms with Crippen LogP contribution in [0.2, 0.25) is 5.02 Å². The zero-order valence-corrected chi connectivity index (χ0v) is 16.6. The molecule has 4 fully saturated rings. The summed E-state index contributed by atoms with van der Waals surface area (Å²) in [5, 5.41) is 0.740. The van der Waals surface area contributed by atoms with Crippen LogP contribution in [0.5, 0.6) is 0 Å². The van der Waals surface area contributed by atoms with Gasteiger partial charge in [0, 0.05) is 29.4 Å². The van der Waals surface area contributed by atoms with Gasteiger partial charge in [0.2, 0.25) is 5.91 Å². The van der Waals surface area contributed by atoms with E-state index in [2.05, 4.69) is 15.9 Å². The maximum absolute atomic E-state index is 12.9. The summed E-state index contributed by atoms with van der Waals surface area (Å²) in [7, 11) is 1.93. The number of hydrogen-bond acceptors (Lipinski definition) is 1. The first kappa shape index (κ1) is 16.9. The molecule has 0 aromatic heterocycles. The first-order chi connectivity index (χ1) is 11.3. The zero-order valence-electron chi connectivity index (χ0n) is 14.2. The summed E-state index contributed by atoms with van der Waals surface area (Å²) in [6, 6.07) is 7.79. The number of benzene rings is 1. The molecule has 0 aliphatic heterocycles. The minimum Gasteiger partial charge on any atom is -0.341 e. The molecule has 130 valence electrons. The summed E-state index contributed by atoms with van der Waals surface area (Å²) < 4.78 is 0.326. The van der Waals surface area contributed by atoms with Gasteiger partial charge in [-0.2, -0.15) is 0 Å². The second-order valence-corrected chi connectivity index (χ2v) is 10.8. The van der Waals surface area contributed by atoms with E-state index in [1.807, 2.05) is 36.2 Å². The highest BCUT2D eigenvalue weighted by molar-refractivity contribution is 9.10. The van der Waals surface area contributed by atoms with E-state index in [1.54, 1.807) is 0 Å². The average molecular weight is 411 g/mol. The summed E-state index contributed by atoms with van der Waals surface area (Å²) in [6.45, 7) is 0.665. The van der Waals surface area contributed by atoms with Gasteiger partial charge in [-0.05, 0) is 73.5 Å². The van der Waals surface area contributed by atoms with Crippen LogP contribution in [0.3, 0.4) is 0 Å². The number of alkyl halides is 1. The molecule has 0 saturated heterocycles. The van der Waals surface area contributed by atoms with Gasteiger partial charge in [-0.3, -0.25) is 4.79 Å². The van der Waals surface area contributed by atoms with Crippen molar-refractivity contribution in [3.8, 4) is 0 Å². The molecule has 0 spiro atoms. The van der Waals surface area contributed by atoms with Gasteiger partial charge in [0.05, 0.1) is 0 Å². The fraction of sp³-hybridized carbons (Fsp3) is 0.650. The number of carbonyl (C=O) groups excluding carboxylic acids is 1. The third-order valence-corrected chi connectivity index (χ3v) is 7.58. The lowest BCUT2D eigenvalue weighted by Gasteiger charge is -2.60. The van der Waals surface area contributed by atoms with Gasteiger partial charge in [-0.1, -0.05) is 39.7 Å². The predicted molar refractivity (Wildman–Crippen MR) is 101 cm³/mol. The minimum absolute atomic E-state index is 0.249. The van der Waals surface area contributed by atoms with Crippen molar-refractivity contribution in [1.82, 2.24) is 4.90 Å². The van der Waals surface area contributed by atoms with Gasteiger partial charge >= 0.3 is 0 Å². The van der Waals surface area contributed by atoms with Gasteiger partial charge < -0.3 is 4.90 Å². The summed E-state index contributed by atoms with van der Waals surface area (Å²) in [5.41, 5.74) is 1.39.